The molecule has 0 aliphatic carbocycles. The van der Waals surface area contributed by atoms with Crippen molar-refractivity contribution < 1.29 is 9.47 Å². The lowest BCUT2D eigenvalue weighted by Gasteiger charge is -2.14. The number of aromatic nitrogens is 2. The minimum absolute atomic E-state index is 0.150. The van der Waals surface area contributed by atoms with Crippen molar-refractivity contribution in [3.05, 3.63) is 44.3 Å². The maximum atomic E-state index is 11.7. The average molecular weight is 437 g/mol. The molecule has 0 amide bonds. The summed E-state index contributed by atoms with van der Waals surface area (Å²) < 4.78 is 12.2. The second-order valence-electron chi connectivity index (χ2n) is 6.16. The van der Waals surface area contributed by atoms with E-state index < -0.39 is 0 Å². The van der Waals surface area contributed by atoms with E-state index in [2.05, 4.69) is 36.4 Å². The van der Waals surface area contributed by atoms with Gasteiger partial charge in [0, 0.05) is 6.07 Å². The van der Waals surface area contributed by atoms with Gasteiger partial charge in [-0.15, -0.1) is 0 Å². The van der Waals surface area contributed by atoms with E-state index in [0.29, 0.717) is 36.4 Å². The molecule has 0 atom stereocenters. The van der Waals surface area contributed by atoms with Crippen LogP contribution in [0.4, 0.5) is 5.95 Å². The van der Waals surface area contributed by atoms with Crippen LogP contribution < -0.4 is 20.5 Å². The maximum Gasteiger partial charge on any atom is 0.252 e. The summed E-state index contributed by atoms with van der Waals surface area (Å²) in [5.74, 6) is 1.78. The van der Waals surface area contributed by atoms with E-state index in [0.717, 1.165) is 16.5 Å². The maximum absolute atomic E-state index is 11.7. The van der Waals surface area contributed by atoms with Gasteiger partial charge in [0.25, 0.3) is 5.56 Å². The number of halogens is 1. The van der Waals surface area contributed by atoms with Crippen LogP contribution in [0.15, 0.2) is 32.6 Å². The number of nitrogens with zero attached hydrogens (tertiary/aromatic N) is 2. The molecule has 8 heteroatoms. The predicted molar refractivity (Wildman–Crippen MR) is 111 cm³/mol. The summed E-state index contributed by atoms with van der Waals surface area (Å²) in [5, 5.41) is 4.16. The number of nitrogens with one attached hydrogen (secondary N) is 2. The molecule has 2 rings (SSSR count). The molecule has 0 fully saturated rings. The van der Waals surface area contributed by atoms with Gasteiger partial charge in [0.2, 0.25) is 5.95 Å². The Labute approximate surface area is 167 Å². The largest absolute Gasteiger partial charge is 0.490 e. The third-order valence-electron chi connectivity index (χ3n) is 3.52. The quantitative estimate of drug-likeness (QED) is 0.451. The molecule has 2 N–H and O–H groups in total. The van der Waals surface area contributed by atoms with Gasteiger partial charge >= 0.3 is 0 Å². The van der Waals surface area contributed by atoms with E-state index in [1.807, 2.05) is 39.8 Å². The molecule has 2 aromatic rings. The molecule has 0 bridgehead atoms. The highest BCUT2D eigenvalue weighted by Gasteiger charge is 2.11. The van der Waals surface area contributed by atoms with Crippen LogP contribution >= 0.6 is 15.9 Å². The van der Waals surface area contributed by atoms with Crippen molar-refractivity contribution in [1.82, 2.24) is 9.97 Å². The zero-order valence-corrected chi connectivity index (χ0v) is 17.6. The molecule has 0 saturated carbocycles. The summed E-state index contributed by atoms with van der Waals surface area (Å²) in [6.45, 7) is 9.06. The summed E-state index contributed by atoms with van der Waals surface area (Å²) in [4.78, 5) is 18.7. The number of ether oxygens (including phenoxy) is 2. The fourth-order valence-corrected chi connectivity index (χ4v) is 2.84. The molecular formula is C19H25BrN4O3. The second kappa shape index (κ2) is 10.1. The van der Waals surface area contributed by atoms with Crippen LogP contribution in [-0.2, 0) is 0 Å². The Morgan fingerprint density at radius 2 is 2.07 bits per heavy atom. The van der Waals surface area contributed by atoms with E-state index in [-0.39, 0.29) is 11.5 Å². The summed E-state index contributed by atoms with van der Waals surface area (Å²) in [7, 11) is 0. The van der Waals surface area contributed by atoms with Gasteiger partial charge in [0.1, 0.15) is 0 Å². The van der Waals surface area contributed by atoms with Crippen LogP contribution in [0.1, 0.15) is 51.3 Å². The Morgan fingerprint density at radius 3 is 2.74 bits per heavy atom. The van der Waals surface area contributed by atoms with Crippen LogP contribution in [-0.4, -0.2) is 29.4 Å². The molecule has 0 spiro atoms. The van der Waals surface area contributed by atoms with E-state index in [1.165, 1.54) is 6.07 Å². The Balaban J connectivity index is 2.20. The van der Waals surface area contributed by atoms with Crippen LogP contribution in [0.2, 0.25) is 0 Å². The summed E-state index contributed by atoms with van der Waals surface area (Å²) in [5.41, 5.74) is 4.06. The number of anilines is 1. The molecule has 1 aromatic heterocycles. The van der Waals surface area contributed by atoms with E-state index in [1.54, 1.807) is 6.21 Å². The SMILES string of the molecule is CCCOc1c(Br)cc(/C=N\Nc2nc(C(C)C)cc(=O)[nH]2)cc1OCC. The minimum Gasteiger partial charge on any atom is -0.490 e. The smallest absolute Gasteiger partial charge is 0.252 e. The molecule has 1 heterocycles. The number of hydrogen-bond acceptors (Lipinski definition) is 6. The standard InChI is InChI=1S/C19H25BrN4O3/c1-5-7-27-18-14(20)8-13(9-16(18)26-6-2)11-21-24-19-22-15(12(3)4)10-17(25)23-19/h8-12H,5-7H2,1-4H3,(H2,22,23,24,25)/b21-11-. The molecular weight excluding hydrogens is 412 g/mol. The Kier molecular flexibility index (Phi) is 7.84. The van der Waals surface area contributed by atoms with Crippen LogP contribution in [0.5, 0.6) is 11.5 Å². The van der Waals surface area contributed by atoms with Gasteiger partial charge in [-0.25, -0.2) is 10.4 Å². The Bertz CT molecular complexity index is 849. The van der Waals surface area contributed by atoms with Crippen LogP contribution in [0.25, 0.3) is 0 Å². The number of H-pyrrole nitrogens is 1. The molecule has 146 valence electrons. The molecule has 7 nitrogen and oxygen atoms in total. The van der Waals surface area contributed by atoms with Crippen molar-refractivity contribution in [3.8, 4) is 11.5 Å². The second-order valence-corrected chi connectivity index (χ2v) is 7.01. The molecule has 0 aliphatic heterocycles. The third kappa shape index (κ3) is 6.09. The van der Waals surface area contributed by atoms with Gasteiger partial charge in [-0.3, -0.25) is 9.78 Å². The van der Waals surface area contributed by atoms with Crippen LogP contribution in [0.3, 0.4) is 0 Å². The first-order chi connectivity index (χ1) is 12.9. The lowest BCUT2D eigenvalue weighted by atomic mass is 10.1. The molecule has 27 heavy (non-hydrogen) atoms. The summed E-state index contributed by atoms with van der Waals surface area (Å²) >= 11 is 3.52. The number of rotatable bonds is 9. The van der Waals surface area contributed by atoms with Gasteiger partial charge in [0.05, 0.1) is 29.6 Å². The zero-order chi connectivity index (χ0) is 19.8. The molecule has 0 aliphatic rings. The number of aromatic amines is 1. The zero-order valence-electron chi connectivity index (χ0n) is 16.0. The van der Waals surface area contributed by atoms with Crippen molar-refractivity contribution in [2.24, 2.45) is 5.10 Å². The average Bonchev–Trinajstić information content (AvgIpc) is 2.61. The van der Waals surface area contributed by atoms with Gasteiger partial charge in [-0.05, 0) is 52.9 Å². The molecule has 0 unspecified atom stereocenters. The molecule has 0 saturated heterocycles. The lowest BCUT2D eigenvalue weighted by molar-refractivity contribution is 0.275. The van der Waals surface area contributed by atoms with Gasteiger partial charge in [-0.2, -0.15) is 5.10 Å². The van der Waals surface area contributed by atoms with E-state index in [4.69, 9.17) is 9.47 Å². The third-order valence-corrected chi connectivity index (χ3v) is 4.11. The topological polar surface area (TPSA) is 88.6 Å². The number of hydrazone groups is 1. The summed E-state index contributed by atoms with van der Waals surface area (Å²) in [6.07, 6.45) is 2.53. The van der Waals surface area contributed by atoms with Crippen LogP contribution in [0, 0.1) is 0 Å². The van der Waals surface area contributed by atoms with Gasteiger partial charge in [0.15, 0.2) is 11.5 Å². The Hall–Kier alpha value is -2.35. The fourth-order valence-electron chi connectivity index (χ4n) is 2.26. The fraction of sp³-hybridized carbons (Fsp3) is 0.421. The van der Waals surface area contributed by atoms with Crippen molar-refractivity contribution in [2.75, 3.05) is 18.6 Å². The molecule has 0 radical (unpaired) electrons. The Morgan fingerprint density at radius 1 is 1.30 bits per heavy atom. The van der Waals surface area contributed by atoms with Crippen molar-refractivity contribution in [1.29, 1.82) is 0 Å². The normalized spacial score (nSPS) is 11.2. The van der Waals surface area contributed by atoms with Gasteiger partial charge in [-0.1, -0.05) is 20.8 Å². The summed E-state index contributed by atoms with van der Waals surface area (Å²) in [6, 6.07) is 5.23. The first kappa shape index (κ1) is 21.0. The highest BCUT2D eigenvalue weighted by atomic mass is 79.9. The van der Waals surface area contributed by atoms with Crippen molar-refractivity contribution >= 4 is 28.1 Å². The van der Waals surface area contributed by atoms with E-state index in [9.17, 15) is 4.79 Å². The minimum atomic E-state index is -0.217. The molecule has 1 aromatic carbocycles. The number of hydrogen-bond donors (Lipinski definition) is 2. The predicted octanol–water partition coefficient (Wildman–Crippen LogP) is 4.29. The first-order valence-corrected chi connectivity index (χ1v) is 9.73. The van der Waals surface area contributed by atoms with E-state index >= 15 is 0 Å². The number of benzene rings is 1. The highest BCUT2D eigenvalue weighted by Crippen LogP contribution is 2.36. The van der Waals surface area contributed by atoms with Crippen molar-refractivity contribution in [3.63, 3.8) is 0 Å². The lowest BCUT2D eigenvalue weighted by Crippen LogP contribution is -2.12. The highest BCUT2D eigenvalue weighted by molar-refractivity contribution is 9.10. The van der Waals surface area contributed by atoms with Crippen molar-refractivity contribution in [2.45, 2.75) is 40.0 Å². The first-order valence-electron chi connectivity index (χ1n) is 8.94. The monoisotopic (exact) mass is 436 g/mol. The van der Waals surface area contributed by atoms with Gasteiger partial charge < -0.3 is 9.47 Å².